The van der Waals surface area contributed by atoms with Crippen LogP contribution in [0.5, 0.6) is 0 Å². The Labute approximate surface area is 155 Å². The molecule has 0 aliphatic heterocycles. The predicted molar refractivity (Wildman–Crippen MR) is 102 cm³/mol. The molecule has 2 aromatic heterocycles. The smallest absolute Gasteiger partial charge is 0.129 e. The fourth-order valence-electron chi connectivity index (χ4n) is 2.37. The fraction of sp³-hybridized carbons (Fsp3) is 0.143. The van der Waals surface area contributed by atoms with Crippen molar-refractivity contribution in [3.63, 3.8) is 0 Å². The van der Waals surface area contributed by atoms with Gasteiger partial charge in [0.2, 0.25) is 0 Å². The summed E-state index contributed by atoms with van der Waals surface area (Å²) in [6, 6.07) is 7.36. The molecule has 0 fully saturated rings. The Morgan fingerprint density at radius 3 is 1.62 bits per heavy atom. The van der Waals surface area contributed by atoms with Crippen molar-refractivity contribution in [2.24, 2.45) is 0 Å². The lowest BCUT2D eigenvalue weighted by molar-refractivity contribution is 1.08. The molecule has 0 aliphatic rings. The lowest BCUT2D eigenvalue weighted by Gasteiger charge is -2.11. The first kappa shape index (κ1) is 15.8. The maximum atomic E-state index is 6.26. The van der Waals surface area contributed by atoms with Crippen LogP contribution in [0.4, 0.5) is 11.4 Å². The highest BCUT2D eigenvalue weighted by molar-refractivity contribution is 7.00. The number of nitrogens with zero attached hydrogens (tertiary/aromatic N) is 4. The van der Waals surface area contributed by atoms with Gasteiger partial charge in [-0.2, -0.15) is 17.5 Å². The van der Waals surface area contributed by atoms with Gasteiger partial charge in [-0.15, -0.1) is 0 Å². The Morgan fingerprint density at radius 1 is 0.708 bits per heavy atom. The number of anilines is 2. The number of fused-ring (bicyclic) bond motifs is 2. The number of hydrogen-bond donors (Lipinski definition) is 2. The minimum absolute atomic E-state index is 0.624. The summed E-state index contributed by atoms with van der Waals surface area (Å²) in [7, 11) is 0. The minimum Gasteiger partial charge on any atom is -0.380 e. The van der Waals surface area contributed by atoms with E-state index in [2.05, 4.69) is 28.1 Å². The van der Waals surface area contributed by atoms with Crippen molar-refractivity contribution in [2.45, 2.75) is 0 Å². The second-order valence-electron chi connectivity index (χ2n) is 4.96. The number of rotatable bonds is 5. The molecule has 4 rings (SSSR count). The Hall–Kier alpha value is -1.74. The number of halogens is 2. The van der Waals surface area contributed by atoms with E-state index in [1.807, 2.05) is 24.3 Å². The van der Waals surface area contributed by atoms with E-state index in [9.17, 15) is 0 Å². The van der Waals surface area contributed by atoms with Gasteiger partial charge < -0.3 is 10.6 Å². The van der Waals surface area contributed by atoms with Crippen LogP contribution in [0.15, 0.2) is 24.3 Å². The molecule has 10 heteroatoms. The van der Waals surface area contributed by atoms with E-state index in [4.69, 9.17) is 23.2 Å². The largest absolute Gasteiger partial charge is 0.380 e. The quantitative estimate of drug-likeness (QED) is 0.482. The van der Waals surface area contributed by atoms with Crippen LogP contribution in [-0.4, -0.2) is 30.6 Å². The number of nitrogens with one attached hydrogen (secondary N) is 2. The molecule has 2 N–H and O–H groups in total. The van der Waals surface area contributed by atoms with Gasteiger partial charge in [0.15, 0.2) is 0 Å². The van der Waals surface area contributed by atoms with Crippen LogP contribution in [0.25, 0.3) is 22.1 Å². The molecule has 0 bridgehead atoms. The van der Waals surface area contributed by atoms with Gasteiger partial charge in [-0.25, -0.2) is 0 Å². The van der Waals surface area contributed by atoms with E-state index in [0.29, 0.717) is 23.1 Å². The third-order valence-electron chi connectivity index (χ3n) is 3.48. The molecule has 0 spiro atoms. The highest BCUT2D eigenvalue weighted by atomic mass is 35.5. The number of benzene rings is 2. The molecule has 6 nitrogen and oxygen atoms in total. The van der Waals surface area contributed by atoms with Gasteiger partial charge in [0, 0.05) is 13.1 Å². The van der Waals surface area contributed by atoms with E-state index in [-0.39, 0.29) is 0 Å². The third-order valence-corrected chi connectivity index (χ3v) is 5.20. The molecule has 0 amide bonds. The molecule has 0 aliphatic carbocycles. The van der Waals surface area contributed by atoms with E-state index in [1.165, 1.54) is 23.5 Å². The first-order valence-corrected chi connectivity index (χ1v) is 9.25. The van der Waals surface area contributed by atoms with Gasteiger partial charge in [-0.3, -0.25) is 0 Å². The predicted octanol–water partition coefficient (Wildman–Crippen LogP) is 4.53. The molecule has 2 aromatic carbocycles. The monoisotopic (exact) mass is 396 g/mol. The summed E-state index contributed by atoms with van der Waals surface area (Å²) >= 11 is 14.9. The van der Waals surface area contributed by atoms with Crippen LogP contribution in [0, 0.1) is 0 Å². The average molecular weight is 397 g/mol. The molecule has 0 saturated carbocycles. The van der Waals surface area contributed by atoms with Gasteiger partial charge in [-0.1, -0.05) is 23.2 Å². The average Bonchev–Trinajstić information content (AvgIpc) is 3.23. The lowest BCUT2D eigenvalue weighted by atomic mass is 10.2. The molecule has 122 valence electrons. The second-order valence-corrected chi connectivity index (χ2v) is 6.83. The molecular weight excluding hydrogens is 387 g/mol. The molecule has 24 heavy (non-hydrogen) atoms. The van der Waals surface area contributed by atoms with E-state index in [1.54, 1.807) is 0 Å². The van der Waals surface area contributed by atoms with Crippen LogP contribution in [-0.2, 0) is 0 Å². The number of aromatic nitrogens is 4. The summed E-state index contributed by atoms with van der Waals surface area (Å²) in [6.07, 6.45) is 0. The van der Waals surface area contributed by atoms with E-state index in [0.717, 1.165) is 33.4 Å². The van der Waals surface area contributed by atoms with Gasteiger partial charge in [0.1, 0.15) is 22.1 Å². The van der Waals surface area contributed by atoms with E-state index >= 15 is 0 Å². The third kappa shape index (κ3) is 2.86. The molecule has 4 aromatic rings. The van der Waals surface area contributed by atoms with Crippen molar-refractivity contribution in [2.75, 3.05) is 23.7 Å². The Bertz CT molecular complexity index is 933. The highest BCUT2D eigenvalue weighted by Crippen LogP contribution is 2.31. The minimum atomic E-state index is 0.624. The Morgan fingerprint density at radius 2 is 1.17 bits per heavy atom. The van der Waals surface area contributed by atoms with Crippen LogP contribution >= 0.6 is 46.7 Å². The Balaban J connectivity index is 1.48. The summed E-state index contributed by atoms with van der Waals surface area (Å²) in [6.45, 7) is 1.28. The molecule has 0 radical (unpaired) electrons. The number of hydrogen-bond acceptors (Lipinski definition) is 8. The summed E-state index contributed by atoms with van der Waals surface area (Å²) in [5, 5.41) is 7.86. The molecule has 0 saturated heterocycles. The van der Waals surface area contributed by atoms with Gasteiger partial charge in [0.05, 0.1) is 44.9 Å². The van der Waals surface area contributed by atoms with Gasteiger partial charge in [-0.05, 0) is 24.3 Å². The summed E-state index contributed by atoms with van der Waals surface area (Å²) in [5.41, 5.74) is 4.84. The first-order chi connectivity index (χ1) is 11.7. The molecular formula is C14H10Cl2N6S2. The molecule has 0 unspecified atom stereocenters. The summed E-state index contributed by atoms with van der Waals surface area (Å²) in [5.74, 6) is 0. The summed E-state index contributed by atoms with van der Waals surface area (Å²) in [4.78, 5) is 0. The fourth-order valence-corrected chi connectivity index (χ4v) is 3.89. The first-order valence-electron chi connectivity index (χ1n) is 7.03. The van der Waals surface area contributed by atoms with E-state index < -0.39 is 0 Å². The topological polar surface area (TPSA) is 75.6 Å². The van der Waals surface area contributed by atoms with Crippen molar-refractivity contribution >= 4 is 80.1 Å². The zero-order valence-corrected chi connectivity index (χ0v) is 15.2. The Kier molecular flexibility index (Phi) is 4.36. The zero-order valence-electron chi connectivity index (χ0n) is 12.1. The maximum absolute atomic E-state index is 6.26. The van der Waals surface area contributed by atoms with Crippen LogP contribution in [0.2, 0.25) is 10.0 Å². The summed E-state index contributed by atoms with van der Waals surface area (Å²) < 4.78 is 17.0. The van der Waals surface area contributed by atoms with Gasteiger partial charge in [0.25, 0.3) is 0 Å². The van der Waals surface area contributed by atoms with Gasteiger partial charge >= 0.3 is 0 Å². The van der Waals surface area contributed by atoms with Crippen molar-refractivity contribution < 1.29 is 0 Å². The zero-order chi connectivity index (χ0) is 16.5. The lowest BCUT2D eigenvalue weighted by Crippen LogP contribution is -2.14. The molecule has 0 atom stereocenters. The standard InChI is InChI=1S/C14H10Cl2N6S2/c15-7-1-3-9-13(21-23-19-9)11(7)17-5-6-18-12-8(16)2-4-10-14(12)22-24-20-10/h1-4,17-18H,5-6H2. The van der Waals surface area contributed by atoms with Crippen molar-refractivity contribution in [3.8, 4) is 0 Å². The maximum Gasteiger partial charge on any atom is 0.129 e. The highest BCUT2D eigenvalue weighted by Gasteiger charge is 2.11. The van der Waals surface area contributed by atoms with Crippen molar-refractivity contribution in [1.29, 1.82) is 0 Å². The van der Waals surface area contributed by atoms with Crippen LogP contribution < -0.4 is 10.6 Å². The van der Waals surface area contributed by atoms with Crippen molar-refractivity contribution in [1.82, 2.24) is 17.5 Å². The van der Waals surface area contributed by atoms with Crippen LogP contribution in [0.3, 0.4) is 0 Å². The van der Waals surface area contributed by atoms with Crippen LogP contribution in [0.1, 0.15) is 0 Å². The molecule has 2 heterocycles. The van der Waals surface area contributed by atoms with Crippen molar-refractivity contribution in [3.05, 3.63) is 34.3 Å². The second kappa shape index (κ2) is 6.64. The SMILES string of the molecule is Clc1ccc2nsnc2c1NCCNc1c(Cl)ccc2nsnc12. The normalized spacial score (nSPS) is 11.2.